The molecule has 0 aliphatic heterocycles. The van der Waals surface area contributed by atoms with Crippen molar-refractivity contribution in [3.8, 4) is 0 Å². The molecule has 0 saturated heterocycles. The van der Waals surface area contributed by atoms with Crippen molar-refractivity contribution in [3.05, 3.63) is 29.3 Å². The highest BCUT2D eigenvalue weighted by atomic mass is 32.1. The second-order valence-electron chi connectivity index (χ2n) is 5.35. The molecule has 18 heavy (non-hydrogen) atoms. The third-order valence-electron chi connectivity index (χ3n) is 3.86. The summed E-state index contributed by atoms with van der Waals surface area (Å²) >= 11 is 1.72. The van der Waals surface area contributed by atoms with Gasteiger partial charge < -0.3 is 10.4 Å². The minimum absolute atomic E-state index is 0.135. The lowest BCUT2D eigenvalue weighted by Crippen LogP contribution is -2.47. The second kappa shape index (κ2) is 4.61. The normalized spacial score (nSPS) is 19.0. The average molecular weight is 262 g/mol. The van der Waals surface area contributed by atoms with E-state index < -0.39 is 0 Å². The second-order valence-corrected chi connectivity index (χ2v) is 6.30. The van der Waals surface area contributed by atoms with Crippen molar-refractivity contribution >= 4 is 21.6 Å². The first kappa shape index (κ1) is 12.1. The molecule has 1 atom stereocenters. The standard InChI is InChI=1S/C14H18N2OS/c1-14(9-17,11-2-3-11)16-8-10-6-13-12(15-7-10)4-5-18-13/h4-7,11,16-17H,2-3,8-9H2,1H3. The van der Waals surface area contributed by atoms with E-state index in [0.29, 0.717) is 5.92 Å². The van der Waals surface area contributed by atoms with Gasteiger partial charge in [0.1, 0.15) is 0 Å². The molecule has 4 heteroatoms. The lowest BCUT2D eigenvalue weighted by molar-refractivity contribution is 0.153. The highest BCUT2D eigenvalue weighted by molar-refractivity contribution is 7.17. The summed E-state index contributed by atoms with van der Waals surface area (Å²) in [6.45, 7) is 3.09. The average Bonchev–Trinajstić information content (AvgIpc) is 3.15. The van der Waals surface area contributed by atoms with Crippen LogP contribution in [0.3, 0.4) is 0 Å². The smallest absolute Gasteiger partial charge is 0.0809 e. The summed E-state index contributed by atoms with van der Waals surface area (Å²) in [5, 5.41) is 15.1. The van der Waals surface area contributed by atoms with Gasteiger partial charge in [-0.25, -0.2) is 0 Å². The third kappa shape index (κ3) is 2.28. The largest absolute Gasteiger partial charge is 0.394 e. The predicted molar refractivity (Wildman–Crippen MR) is 74.7 cm³/mol. The van der Waals surface area contributed by atoms with Gasteiger partial charge in [-0.2, -0.15) is 0 Å². The van der Waals surface area contributed by atoms with Crippen LogP contribution in [-0.2, 0) is 6.54 Å². The summed E-state index contributed by atoms with van der Waals surface area (Å²) in [5.41, 5.74) is 2.12. The van der Waals surface area contributed by atoms with Crippen LogP contribution >= 0.6 is 11.3 Å². The van der Waals surface area contributed by atoms with Crippen molar-refractivity contribution in [1.29, 1.82) is 0 Å². The van der Waals surface area contributed by atoms with Gasteiger partial charge in [-0.15, -0.1) is 11.3 Å². The van der Waals surface area contributed by atoms with Gasteiger partial charge in [-0.3, -0.25) is 4.98 Å². The maximum absolute atomic E-state index is 9.54. The van der Waals surface area contributed by atoms with Gasteiger partial charge in [0.25, 0.3) is 0 Å². The Kier molecular flexibility index (Phi) is 3.09. The Hall–Kier alpha value is -0.970. The fourth-order valence-electron chi connectivity index (χ4n) is 2.34. The number of fused-ring (bicyclic) bond motifs is 1. The van der Waals surface area contributed by atoms with Crippen molar-refractivity contribution in [2.75, 3.05) is 6.61 Å². The predicted octanol–water partition coefficient (Wildman–Crippen LogP) is 2.55. The van der Waals surface area contributed by atoms with Crippen molar-refractivity contribution in [1.82, 2.24) is 10.3 Å². The van der Waals surface area contributed by atoms with Crippen LogP contribution in [-0.4, -0.2) is 22.2 Å². The molecule has 3 rings (SSSR count). The molecule has 1 saturated carbocycles. The minimum Gasteiger partial charge on any atom is -0.394 e. The number of nitrogens with one attached hydrogen (secondary N) is 1. The number of nitrogens with zero attached hydrogens (tertiary/aromatic N) is 1. The zero-order chi connectivity index (χ0) is 12.6. The van der Waals surface area contributed by atoms with Gasteiger partial charge >= 0.3 is 0 Å². The van der Waals surface area contributed by atoms with Crippen LogP contribution < -0.4 is 5.32 Å². The Morgan fingerprint density at radius 1 is 1.56 bits per heavy atom. The summed E-state index contributed by atoms with van der Waals surface area (Å²) in [6, 6.07) is 4.23. The molecule has 0 aromatic carbocycles. The number of aliphatic hydroxyl groups is 1. The zero-order valence-electron chi connectivity index (χ0n) is 10.5. The number of hydrogen-bond acceptors (Lipinski definition) is 4. The molecular formula is C14H18N2OS. The number of pyridine rings is 1. The van der Waals surface area contributed by atoms with Crippen molar-refractivity contribution in [2.45, 2.75) is 31.8 Å². The van der Waals surface area contributed by atoms with E-state index in [1.54, 1.807) is 11.3 Å². The van der Waals surface area contributed by atoms with Gasteiger partial charge in [0.15, 0.2) is 0 Å². The van der Waals surface area contributed by atoms with E-state index in [4.69, 9.17) is 0 Å². The Labute approximate surface area is 111 Å². The van der Waals surface area contributed by atoms with E-state index in [1.165, 1.54) is 23.1 Å². The molecule has 2 N–H and O–H groups in total. The summed E-state index contributed by atoms with van der Waals surface area (Å²) in [6.07, 6.45) is 4.38. The number of rotatable bonds is 5. The fraction of sp³-hybridized carbons (Fsp3) is 0.500. The topological polar surface area (TPSA) is 45.1 Å². The molecule has 96 valence electrons. The van der Waals surface area contributed by atoms with Crippen LogP contribution in [0.2, 0.25) is 0 Å². The molecule has 0 amide bonds. The lowest BCUT2D eigenvalue weighted by Gasteiger charge is -2.29. The van der Waals surface area contributed by atoms with Gasteiger partial charge in [-0.1, -0.05) is 0 Å². The lowest BCUT2D eigenvalue weighted by atomic mass is 9.96. The molecule has 2 aromatic rings. The SMILES string of the molecule is CC(CO)(NCc1cnc2ccsc2c1)C1CC1. The first-order valence-corrected chi connectivity index (χ1v) is 7.27. The maximum Gasteiger partial charge on any atom is 0.0809 e. The maximum atomic E-state index is 9.54. The monoisotopic (exact) mass is 262 g/mol. The van der Waals surface area contributed by atoms with Crippen LogP contribution in [0.1, 0.15) is 25.3 Å². The Morgan fingerprint density at radius 2 is 2.39 bits per heavy atom. The molecule has 1 fully saturated rings. The minimum atomic E-state index is -0.135. The number of aliphatic hydroxyl groups excluding tert-OH is 1. The van der Waals surface area contributed by atoms with Crippen molar-refractivity contribution in [2.24, 2.45) is 5.92 Å². The summed E-state index contributed by atoms with van der Waals surface area (Å²) in [7, 11) is 0. The summed E-state index contributed by atoms with van der Waals surface area (Å²) < 4.78 is 1.23. The quantitative estimate of drug-likeness (QED) is 0.870. The van der Waals surface area contributed by atoms with Crippen LogP contribution in [0, 0.1) is 5.92 Å². The van der Waals surface area contributed by atoms with Crippen LogP contribution in [0.15, 0.2) is 23.7 Å². The van der Waals surface area contributed by atoms with E-state index in [0.717, 1.165) is 12.1 Å². The molecule has 2 heterocycles. The van der Waals surface area contributed by atoms with Crippen molar-refractivity contribution in [3.63, 3.8) is 0 Å². The Bertz CT molecular complexity index is 549. The molecule has 2 aromatic heterocycles. The molecule has 0 radical (unpaired) electrons. The number of thiophene rings is 1. The number of aromatic nitrogens is 1. The van der Waals surface area contributed by atoms with E-state index in [-0.39, 0.29) is 12.1 Å². The van der Waals surface area contributed by atoms with E-state index in [9.17, 15) is 5.11 Å². The van der Waals surface area contributed by atoms with Crippen LogP contribution in [0.5, 0.6) is 0 Å². The first-order chi connectivity index (χ1) is 8.71. The third-order valence-corrected chi connectivity index (χ3v) is 4.72. The van der Waals surface area contributed by atoms with E-state index in [1.807, 2.05) is 12.3 Å². The van der Waals surface area contributed by atoms with Gasteiger partial charge in [0.05, 0.1) is 16.8 Å². The van der Waals surface area contributed by atoms with E-state index in [2.05, 4.69) is 28.7 Å². The molecule has 0 bridgehead atoms. The van der Waals surface area contributed by atoms with Crippen LogP contribution in [0.4, 0.5) is 0 Å². The Morgan fingerprint density at radius 3 is 3.11 bits per heavy atom. The molecule has 3 nitrogen and oxygen atoms in total. The highest BCUT2D eigenvalue weighted by Gasteiger charge is 2.40. The number of hydrogen-bond donors (Lipinski definition) is 2. The first-order valence-electron chi connectivity index (χ1n) is 6.39. The molecule has 1 unspecified atom stereocenters. The van der Waals surface area contributed by atoms with E-state index >= 15 is 0 Å². The zero-order valence-corrected chi connectivity index (χ0v) is 11.3. The van der Waals surface area contributed by atoms with Gasteiger partial charge in [0.2, 0.25) is 0 Å². The molecule has 1 aliphatic rings. The molecule has 1 aliphatic carbocycles. The molecule has 0 spiro atoms. The summed E-state index contributed by atoms with van der Waals surface area (Å²) in [5.74, 6) is 0.626. The molecular weight excluding hydrogens is 244 g/mol. The van der Waals surface area contributed by atoms with Gasteiger partial charge in [0, 0.05) is 18.3 Å². The van der Waals surface area contributed by atoms with Crippen molar-refractivity contribution < 1.29 is 5.11 Å². The summed E-state index contributed by atoms with van der Waals surface area (Å²) in [4.78, 5) is 4.44. The highest BCUT2D eigenvalue weighted by Crippen LogP contribution is 2.39. The Balaban J connectivity index is 1.71. The fourth-order valence-corrected chi connectivity index (χ4v) is 3.14. The van der Waals surface area contributed by atoms with Gasteiger partial charge in [-0.05, 0) is 48.8 Å². The van der Waals surface area contributed by atoms with Crippen LogP contribution in [0.25, 0.3) is 10.2 Å².